The zero-order valence-electron chi connectivity index (χ0n) is 7.57. The smallest absolute Gasteiger partial charge is 0.273 e. The standard InChI is InChI=1S/C8H10N4O2/c1-5(13)11-12-8(14)6-3-2-4-10-7(6)9/h2-4H,1H3,(H2,9,10)(H,11,13)(H,12,14). The summed E-state index contributed by atoms with van der Waals surface area (Å²) < 4.78 is 0. The summed E-state index contributed by atoms with van der Waals surface area (Å²) in [5, 5.41) is 0. The van der Waals surface area contributed by atoms with Gasteiger partial charge >= 0.3 is 0 Å². The van der Waals surface area contributed by atoms with E-state index in [1.807, 2.05) is 0 Å². The topological polar surface area (TPSA) is 97.1 Å². The van der Waals surface area contributed by atoms with E-state index in [1.165, 1.54) is 19.2 Å². The third-order valence-corrected chi connectivity index (χ3v) is 1.44. The molecule has 6 nitrogen and oxygen atoms in total. The van der Waals surface area contributed by atoms with Crippen LogP contribution in [0.15, 0.2) is 18.3 Å². The Balaban J connectivity index is 2.70. The van der Waals surface area contributed by atoms with Gasteiger partial charge in [-0.25, -0.2) is 4.98 Å². The number of nitrogens with two attached hydrogens (primary N) is 1. The lowest BCUT2D eigenvalue weighted by Gasteiger charge is -2.05. The first kappa shape index (κ1) is 9.97. The van der Waals surface area contributed by atoms with Gasteiger partial charge in [0.1, 0.15) is 5.82 Å². The van der Waals surface area contributed by atoms with Gasteiger partial charge in [0.25, 0.3) is 5.91 Å². The van der Waals surface area contributed by atoms with Crippen molar-refractivity contribution in [3.8, 4) is 0 Å². The second kappa shape index (κ2) is 4.22. The minimum Gasteiger partial charge on any atom is -0.383 e. The minimum atomic E-state index is -0.495. The van der Waals surface area contributed by atoms with Crippen LogP contribution in [0.4, 0.5) is 5.82 Å². The Labute approximate surface area is 80.5 Å². The predicted octanol–water partition coefficient (Wildman–Crippen LogP) is -0.555. The Morgan fingerprint density at radius 3 is 2.71 bits per heavy atom. The molecule has 1 aromatic rings. The number of hydrazine groups is 1. The number of anilines is 1. The van der Waals surface area contributed by atoms with Gasteiger partial charge in [-0.3, -0.25) is 20.4 Å². The molecule has 0 radical (unpaired) electrons. The molecule has 0 spiro atoms. The van der Waals surface area contributed by atoms with Crippen molar-refractivity contribution in [2.24, 2.45) is 0 Å². The number of carbonyl (C=O) groups is 2. The van der Waals surface area contributed by atoms with Gasteiger partial charge < -0.3 is 5.73 Å². The first-order chi connectivity index (χ1) is 6.61. The van der Waals surface area contributed by atoms with E-state index in [9.17, 15) is 9.59 Å². The molecule has 0 aliphatic heterocycles. The first-order valence-electron chi connectivity index (χ1n) is 3.88. The fourth-order valence-electron chi connectivity index (χ4n) is 0.822. The highest BCUT2D eigenvalue weighted by Gasteiger charge is 2.09. The molecule has 14 heavy (non-hydrogen) atoms. The van der Waals surface area contributed by atoms with Crippen molar-refractivity contribution >= 4 is 17.6 Å². The molecular formula is C8H10N4O2. The van der Waals surface area contributed by atoms with E-state index in [0.717, 1.165) is 0 Å². The van der Waals surface area contributed by atoms with Gasteiger partial charge in [0, 0.05) is 13.1 Å². The second-order valence-corrected chi connectivity index (χ2v) is 2.57. The number of pyridine rings is 1. The normalized spacial score (nSPS) is 9.21. The molecule has 1 rings (SSSR count). The molecule has 0 atom stereocenters. The van der Waals surface area contributed by atoms with E-state index in [4.69, 9.17) is 5.73 Å². The summed E-state index contributed by atoms with van der Waals surface area (Å²) in [6.45, 7) is 1.28. The lowest BCUT2D eigenvalue weighted by atomic mass is 10.2. The summed E-state index contributed by atoms with van der Waals surface area (Å²) in [5.41, 5.74) is 10.00. The van der Waals surface area contributed by atoms with Crippen molar-refractivity contribution < 1.29 is 9.59 Å². The molecule has 0 aliphatic rings. The summed E-state index contributed by atoms with van der Waals surface area (Å²) >= 11 is 0. The lowest BCUT2D eigenvalue weighted by Crippen LogP contribution is -2.40. The molecule has 1 heterocycles. The molecule has 2 amide bonds. The van der Waals surface area contributed by atoms with Crippen LogP contribution >= 0.6 is 0 Å². The Morgan fingerprint density at radius 2 is 2.14 bits per heavy atom. The van der Waals surface area contributed by atoms with E-state index in [1.54, 1.807) is 6.07 Å². The molecule has 0 unspecified atom stereocenters. The highest BCUT2D eigenvalue weighted by atomic mass is 16.2. The highest BCUT2D eigenvalue weighted by Crippen LogP contribution is 2.05. The van der Waals surface area contributed by atoms with Crippen LogP contribution in [0.1, 0.15) is 17.3 Å². The fourth-order valence-corrected chi connectivity index (χ4v) is 0.822. The van der Waals surface area contributed by atoms with Crippen LogP contribution < -0.4 is 16.6 Å². The number of nitrogen functional groups attached to an aromatic ring is 1. The number of hydrogen-bond donors (Lipinski definition) is 3. The zero-order chi connectivity index (χ0) is 10.6. The van der Waals surface area contributed by atoms with Crippen LogP contribution in [0, 0.1) is 0 Å². The minimum absolute atomic E-state index is 0.121. The number of nitrogens with one attached hydrogen (secondary N) is 2. The Morgan fingerprint density at radius 1 is 1.43 bits per heavy atom. The number of aromatic nitrogens is 1. The highest BCUT2D eigenvalue weighted by molar-refractivity contribution is 5.98. The van der Waals surface area contributed by atoms with Crippen molar-refractivity contribution in [1.29, 1.82) is 0 Å². The number of rotatable bonds is 1. The summed E-state index contributed by atoms with van der Waals surface area (Å²) in [7, 11) is 0. The fraction of sp³-hybridized carbons (Fsp3) is 0.125. The average molecular weight is 194 g/mol. The Hall–Kier alpha value is -2.11. The Bertz CT molecular complexity index is 364. The monoisotopic (exact) mass is 194 g/mol. The predicted molar refractivity (Wildman–Crippen MR) is 49.9 cm³/mol. The molecule has 0 saturated carbocycles. The second-order valence-electron chi connectivity index (χ2n) is 2.57. The third-order valence-electron chi connectivity index (χ3n) is 1.44. The molecule has 74 valence electrons. The molecule has 0 saturated heterocycles. The third kappa shape index (κ3) is 2.44. The van der Waals surface area contributed by atoms with Crippen LogP contribution in [0.5, 0.6) is 0 Å². The van der Waals surface area contributed by atoms with Gasteiger partial charge in [-0.1, -0.05) is 0 Å². The Kier molecular flexibility index (Phi) is 3.01. The van der Waals surface area contributed by atoms with Gasteiger partial charge in [0.15, 0.2) is 0 Å². The largest absolute Gasteiger partial charge is 0.383 e. The van der Waals surface area contributed by atoms with Crippen LogP contribution in [0.3, 0.4) is 0 Å². The van der Waals surface area contributed by atoms with E-state index >= 15 is 0 Å². The molecule has 0 aromatic carbocycles. The number of carbonyl (C=O) groups excluding carboxylic acids is 2. The lowest BCUT2D eigenvalue weighted by molar-refractivity contribution is -0.119. The summed E-state index contributed by atoms with van der Waals surface area (Å²) in [6, 6.07) is 3.10. The van der Waals surface area contributed by atoms with Gasteiger partial charge in [-0.2, -0.15) is 0 Å². The zero-order valence-corrected chi connectivity index (χ0v) is 7.57. The van der Waals surface area contributed by atoms with Crippen LogP contribution in [0.25, 0.3) is 0 Å². The van der Waals surface area contributed by atoms with Crippen molar-refractivity contribution in [1.82, 2.24) is 15.8 Å². The molecular weight excluding hydrogens is 184 g/mol. The van der Waals surface area contributed by atoms with Crippen LogP contribution in [-0.4, -0.2) is 16.8 Å². The average Bonchev–Trinajstić information content (AvgIpc) is 2.15. The molecule has 6 heteroatoms. The van der Waals surface area contributed by atoms with Crippen molar-refractivity contribution in [2.75, 3.05) is 5.73 Å². The number of hydrogen-bond acceptors (Lipinski definition) is 4. The maximum atomic E-state index is 11.3. The van der Waals surface area contributed by atoms with Crippen LogP contribution in [-0.2, 0) is 4.79 Å². The maximum Gasteiger partial charge on any atom is 0.273 e. The van der Waals surface area contributed by atoms with E-state index in [0.29, 0.717) is 0 Å². The quantitative estimate of drug-likeness (QED) is 0.522. The molecule has 1 aromatic heterocycles. The van der Waals surface area contributed by atoms with Gasteiger partial charge in [0.2, 0.25) is 5.91 Å². The van der Waals surface area contributed by atoms with Gasteiger partial charge in [-0.15, -0.1) is 0 Å². The van der Waals surface area contributed by atoms with Gasteiger partial charge in [0.05, 0.1) is 5.56 Å². The molecule has 4 N–H and O–H groups in total. The molecule has 0 bridgehead atoms. The van der Waals surface area contributed by atoms with Crippen LogP contribution in [0.2, 0.25) is 0 Å². The maximum absolute atomic E-state index is 11.3. The molecule has 0 fully saturated rings. The van der Waals surface area contributed by atoms with Crippen molar-refractivity contribution in [3.05, 3.63) is 23.9 Å². The SMILES string of the molecule is CC(=O)NNC(=O)c1cccnc1N. The van der Waals surface area contributed by atoms with Crippen molar-refractivity contribution in [3.63, 3.8) is 0 Å². The molecule has 0 aliphatic carbocycles. The summed E-state index contributed by atoms with van der Waals surface area (Å²) in [5.74, 6) is -0.734. The summed E-state index contributed by atoms with van der Waals surface area (Å²) in [6.07, 6.45) is 1.48. The number of amides is 2. The number of nitrogens with zero attached hydrogens (tertiary/aromatic N) is 1. The van der Waals surface area contributed by atoms with Crippen molar-refractivity contribution in [2.45, 2.75) is 6.92 Å². The van der Waals surface area contributed by atoms with E-state index in [2.05, 4.69) is 15.8 Å². The first-order valence-corrected chi connectivity index (χ1v) is 3.88. The van der Waals surface area contributed by atoms with E-state index in [-0.39, 0.29) is 17.3 Å². The van der Waals surface area contributed by atoms with Gasteiger partial charge in [-0.05, 0) is 12.1 Å². The summed E-state index contributed by atoms with van der Waals surface area (Å²) in [4.78, 5) is 25.5. The van der Waals surface area contributed by atoms with E-state index < -0.39 is 5.91 Å².